The third-order valence-corrected chi connectivity index (χ3v) is 3.93. The number of rotatable bonds is 5. The first-order valence-electron chi connectivity index (χ1n) is 6.31. The fourth-order valence-electron chi connectivity index (χ4n) is 1.83. The van der Waals surface area contributed by atoms with Gasteiger partial charge >= 0.3 is 0 Å². The highest BCUT2D eigenvalue weighted by molar-refractivity contribution is 9.10. The summed E-state index contributed by atoms with van der Waals surface area (Å²) < 4.78 is 2.99. The summed E-state index contributed by atoms with van der Waals surface area (Å²) in [5.74, 6) is 0. The summed E-state index contributed by atoms with van der Waals surface area (Å²) in [6.07, 6.45) is 5.06. The molecule has 19 heavy (non-hydrogen) atoms. The van der Waals surface area contributed by atoms with E-state index in [1.165, 1.54) is 0 Å². The average Bonchev–Trinajstić information content (AvgIpc) is 2.80. The standard InChI is InChI=1S/C14H17BrClN3/c1-3-4-19-9-11(8-18-19)7-17-14-6-13(16)10(2)5-12(14)15/h5-6,8-9,17H,3-4,7H2,1-2H3. The lowest BCUT2D eigenvalue weighted by Crippen LogP contribution is -2.00. The predicted molar refractivity (Wildman–Crippen MR) is 83.7 cm³/mol. The molecule has 0 radical (unpaired) electrons. The SMILES string of the molecule is CCCn1cc(CNc2cc(Cl)c(C)cc2Br)cn1. The zero-order chi connectivity index (χ0) is 13.8. The van der Waals surface area contributed by atoms with E-state index < -0.39 is 0 Å². The van der Waals surface area contributed by atoms with Crippen molar-refractivity contribution < 1.29 is 0 Å². The maximum absolute atomic E-state index is 6.14. The third-order valence-electron chi connectivity index (χ3n) is 2.87. The summed E-state index contributed by atoms with van der Waals surface area (Å²) in [5.41, 5.74) is 3.23. The molecule has 2 aromatic rings. The van der Waals surface area contributed by atoms with Crippen molar-refractivity contribution in [1.82, 2.24) is 9.78 Å². The predicted octanol–water partition coefficient (Wildman–Crippen LogP) is 4.63. The molecule has 0 saturated carbocycles. The Morgan fingerprint density at radius 3 is 2.95 bits per heavy atom. The lowest BCUT2D eigenvalue weighted by atomic mass is 10.2. The molecule has 3 nitrogen and oxygen atoms in total. The zero-order valence-electron chi connectivity index (χ0n) is 11.1. The Kier molecular flexibility index (Phi) is 4.88. The molecule has 1 N–H and O–H groups in total. The van der Waals surface area contributed by atoms with Crippen LogP contribution in [0.15, 0.2) is 29.0 Å². The molecule has 1 heterocycles. The molecule has 2 rings (SSSR count). The van der Waals surface area contributed by atoms with Gasteiger partial charge in [0.2, 0.25) is 0 Å². The van der Waals surface area contributed by atoms with E-state index in [2.05, 4.69) is 39.5 Å². The van der Waals surface area contributed by atoms with Crippen molar-refractivity contribution >= 4 is 33.2 Å². The Morgan fingerprint density at radius 2 is 2.21 bits per heavy atom. The van der Waals surface area contributed by atoms with Crippen LogP contribution in [0.25, 0.3) is 0 Å². The van der Waals surface area contributed by atoms with E-state index in [1.807, 2.05) is 29.9 Å². The van der Waals surface area contributed by atoms with Crippen LogP contribution in [0, 0.1) is 6.92 Å². The fourth-order valence-corrected chi connectivity index (χ4v) is 2.59. The molecule has 0 aliphatic carbocycles. The third kappa shape index (κ3) is 3.74. The van der Waals surface area contributed by atoms with Gasteiger partial charge in [0.25, 0.3) is 0 Å². The summed E-state index contributed by atoms with van der Waals surface area (Å²) in [4.78, 5) is 0. The normalized spacial score (nSPS) is 10.7. The first-order valence-corrected chi connectivity index (χ1v) is 7.48. The zero-order valence-corrected chi connectivity index (χ0v) is 13.4. The van der Waals surface area contributed by atoms with E-state index in [9.17, 15) is 0 Å². The van der Waals surface area contributed by atoms with Crippen molar-refractivity contribution in [3.8, 4) is 0 Å². The van der Waals surface area contributed by atoms with E-state index in [4.69, 9.17) is 11.6 Å². The number of halogens is 2. The summed E-state index contributed by atoms with van der Waals surface area (Å²) in [5, 5.41) is 8.45. The van der Waals surface area contributed by atoms with Crippen LogP contribution in [0.2, 0.25) is 5.02 Å². The molecule has 1 aromatic carbocycles. The van der Waals surface area contributed by atoms with Crippen LogP contribution in [0.3, 0.4) is 0 Å². The molecular weight excluding hydrogens is 326 g/mol. The van der Waals surface area contributed by atoms with Crippen molar-refractivity contribution in [3.63, 3.8) is 0 Å². The van der Waals surface area contributed by atoms with Crippen LogP contribution in [0.1, 0.15) is 24.5 Å². The van der Waals surface area contributed by atoms with Gasteiger partial charge in [0.15, 0.2) is 0 Å². The van der Waals surface area contributed by atoms with Crippen molar-refractivity contribution in [1.29, 1.82) is 0 Å². The van der Waals surface area contributed by atoms with E-state index in [0.717, 1.165) is 45.8 Å². The first kappa shape index (κ1) is 14.4. The van der Waals surface area contributed by atoms with Gasteiger partial charge in [-0.15, -0.1) is 0 Å². The molecule has 0 fully saturated rings. The van der Waals surface area contributed by atoms with Crippen molar-refractivity contribution in [2.75, 3.05) is 5.32 Å². The van der Waals surface area contributed by atoms with Gasteiger partial charge in [0.05, 0.1) is 11.9 Å². The second-order valence-corrected chi connectivity index (χ2v) is 5.81. The number of hydrogen-bond donors (Lipinski definition) is 1. The van der Waals surface area contributed by atoms with Crippen molar-refractivity contribution in [2.24, 2.45) is 0 Å². The van der Waals surface area contributed by atoms with Crippen LogP contribution in [0.4, 0.5) is 5.69 Å². The van der Waals surface area contributed by atoms with E-state index in [1.54, 1.807) is 0 Å². The largest absolute Gasteiger partial charge is 0.380 e. The summed E-state index contributed by atoms with van der Waals surface area (Å²) in [7, 11) is 0. The first-order chi connectivity index (χ1) is 9.10. The minimum Gasteiger partial charge on any atom is -0.380 e. The summed E-state index contributed by atoms with van der Waals surface area (Å²) in [6.45, 7) is 5.83. The van der Waals surface area contributed by atoms with Gasteiger partial charge in [-0.3, -0.25) is 4.68 Å². The second kappa shape index (κ2) is 6.44. The molecule has 0 bridgehead atoms. The molecular formula is C14H17BrClN3. The highest BCUT2D eigenvalue weighted by Gasteiger charge is 2.05. The fraction of sp³-hybridized carbons (Fsp3) is 0.357. The highest BCUT2D eigenvalue weighted by Crippen LogP contribution is 2.29. The molecule has 0 atom stereocenters. The number of anilines is 1. The second-order valence-electron chi connectivity index (χ2n) is 4.55. The van der Waals surface area contributed by atoms with Gasteiger partial charge in [-0.05, 0) is 47.0 Å². The smallest absolute Gasteiger partial charge is 0.0539 e. The molecule has 0 aliphatic heterocycles. The molecule has 102 valence electrons. The van der Waals surface area contributed by atoms with Gasteiger partial charge in [0, 0.05) is 34.3 Å². The Morgan fingerprint density at radius 1 is 1.42 bits per heavy atom. The summed E-state index contributed by atoms with van der Waals surface area (Å²) >= 11 is 9.68. The van der Waals surface area contributed by atoms with Crippen molar-refractivity contribution in [3.05, 3.63) is 45.1 Å². The van der Waals surface area contributed by atoms with Crippen LogP contribution in [-0.4, -0.2) is 9.78 Å². The Labute approximate surface area is 127 Å². The number of aromatic nitrogens is 2. The van der Waals surface area contributed by atoms with E-state index in [-0.39, 0.29) is 0 Å². The lowest BCUT2D eigenvalue weighted by Gasteiger charge is -2.09. The average molecular weight is 343 g/mol. The number of aryl methyl sites for hydroxylation is 2. The molecule has 0 saturated heterocycles. The molecule has 0 aliphatic rings. The van der Waals surface area contributed by atoms with Gasteiger partial charge in [0.1, 0.15) is 0 Å². The lowest BCUT2D eigenvalue weighted by molar-refractivity contribution is 0.602. The monoisotopic (exact) mass is 341 g/mol. The Hall–Kier alpha value is -1.00. The van der Waals surface area contributed by atoms with E-state index in [0.29, 0.717) is 0 Å². The van der Waals surface area contributed by atoms with Crippen LogP contribution < -0.4 is 5.32 Å². The van der Waals surface area contributed by atoms with Crippen LogP contribution in [0.5, 0.6) is 0 Å². The maximum Gasteiger partial charge on any atom is 0.0539 e. The molecule has 0 unspecified atom stereocenters. The molecule has 0 amide bonds. The van der Waals surface area contributed by atoms with Crippen molar-refractivity contribution in [2.45, 2.75) is 33.4 Å². The Bertz CT molecular complexity index is 566. The van der Waals surface area contributed by atoms with Gasteiger partial charge in [-0.1, -0.05) is 18.5 Å². The molecule has 0 spiro atoms. The molecule has 5 heteroatoms. The number of nitrogens with zero attached hydrogens (tertiary/aromatic N) is 2. The minimum absolute atomic E-state index is 0.738. The Balaban J connectivity index is 2.03. The van der Waals surface area contributed by atoms with Gasteiger partial charge < -0.3 is 5.32 Å². The van der Waals surface area contributed by atoms with E-state index >= 15 is 0 Å². The topological polar surface area (TPSA) is 29.9 Å². The highest BCUT2D eigenvalue weighted by atomic mass is 79.9. The number of nitrogens with one attached hydrogen (secondary N) is 1. The quantitative estimate of drug-likeness (QED) is 0.858. The van der Waals surface area contributed by atoms with Crippen LogP contribution in [-0.2, 0) is 13.1 Å². The summed E-state index contributed by atoms with van der Waals surface area (Å²) in [6, 6.07) is 3.96. The van der Waals surface area contributed by atoms with Gasteiger partial charge in [-0.25, -0.2) is 0 Å². The maximum atomic E-state index is 6.14. The van der Waals surface area contributed by atoms with Gasteiger partial charge in [-0.2, -0.15) is 5.10 Å². The molecule has 1 aromatic heterocycles. The number of benzene rings is 1. The number of hydrogen-bond acceptors (Lipinski definition) is 2. The minimum atomic E-state index is 0.738. The van der Waals surface area contributed by atoms with Crippen LogP contribution >= 0.6 is 27.5 Å².